The predicted octanol–water partition coefficient (Wildman–Crippen LogP) is 4.46. The van der Waals surface area contributed by atoms with E-state index in [1.54, 1.807) is 24.2 Å². The van der Waals surface area contributed by atoms with Crippen molar-refractivity contribution < 1.29 is 19.0 Å². The number of carbonyl (C=O) groups excluding carboxylic acids is 1. The Balaban J connectivity index is 1.07. The van der Waals surface area contributed by atoms with Crippen LogP contribution in [0.15, 0.2) is 53.6 Å². The molecule has 3 aliphatic heterocycles. The second-order valence-corrected chi connectivity index (χ2v) is 14.6. The fraction of sp³-hybridized carbons (Fsp3) is 0.447. The molecule has 1 aromatic carbocycles. The van der Waals surface area contributed by atoms with Gasteiger partial charge in [-0.1, -0.05) is 0 Å². The molecule has 11 nitrogen and oxygen atoms in total. The Labute approximate surface area is 290 Å². The molecule has 0 radical (unpaired) electrons. The summed E-state index contributed by atoms with van der Waals surface area (Å²) in [5.41, 5.74) is 5.65. The van der Waals surface area contributed by atoms with Crippen molar-refractivity contribution in [1.82, 2.24) is 19.0 Å². The number of hydrogen-bond donors (Lipinski definition) is 2. The maximum Gasteiger partial charge on any atom is 0.274 e. The minimum absolute atomic E-state index is 0.0918. The zero-order valence-electron chi connectivity index (χ0n) is 28.9. The van der Waals surface area contributed by atoms with E-state index in [2.05, 4.69) is 38.5 Å². The molecule has 0 spiro atoms. The van der Waals surface area contributed by atoms with E-state index in [-0.39, 0.29) is 22.7 Å². The van der Waals surface area contributed by atoms with E-state index >= 15 is 4.39 Å². The van der Waals surface area contributed by atoms with Gasteiger partial charge in [-0.25, -0.2) is 9.37 Å². The minimum Gasteiger partial charge on any atom is -0.392 e. The Morgan fingerprint density at radius 3 is 2.58 bits per heavy atom. The summed E-state index contributed by atoms with van der Waals surface area (Å²) in [7, 11) is 1.63. The normalized spacial score (nSPS) is 19.3. The van der Waals surface area contributed by atoms with Crippen molar-refractivity contribution >= 4 is 28.8 Å². The van der Waals surface area contributed by atoms with Crippen LogP contribution in [0.25, 0.3) is 11.1 Å². The molecule has 262 valence electrons. The summed E-state index contributed by atoms with van der Waals surface area (Å²) in [6, 6.07) is 10.7. The largest absolute Gasteiger partial charge is 0.392 e. The highest BCUT2D eigenvalue weighted by atomic mass is 19.1. The Bertz CT molecular complexity index is 2020. The van der Waals surface area contributed by atoms with Crippen molar-refractivity contribution in [1.29, 1.82) is 0 Å². The number of aliphatic hydroxyl groups is 1. The predicted molar refractivity (Wildman–Crippen MR) is 191 cm³/mol. The van der Waals surface area contributed by atoms with Gasteiger partial charge in [-0.2, -0.15) is 0 Å². The third-order valence-corrected chi connectivity index (χ3v) is 10.9. The average molecular weight is 682 g/mol. The van der Waals surface area contributed by atoms with Crippen LogP contribution in [0.3, 0.4) is 0 Å². The molecule has 4 aromatic rings. The van der Waals surface area contributed by atoms with Crippen molar-refractivity contribution in [3.63, 3.8) is 0 Å². The number of aryl methyl sites for hydroxylation is 2. The number of amides is 1. The van der Waals surface area contributed by atoms with E-state index in [1.165, 1.54) is 28.0 Å². The van der Waals surface area contributed by atoms with Gasteiger partial charge in [-0.05, 0) is 87.1 Å². The van der Waals surface area contributed by atoms with Crippen molar-refractivity contribution in [2.75, 3.05) is 54.5 Å². The molecule has 2 saturated heterocycles. The molecule has 1 amide bonds. The molecule has 2 N–H and O–H groups in total. The first-order valence-electron chi connectivity index (χ1n) is 17.6. The van der Waals surface area contributed by atoms with Gasteiger partial charge in [-0.15, -0.1) is 0 Å². The molecule has 50 heavy (non-hydrogen) atoms. The minimum atomic E-state index is -0.536. The maximum absolute atomic E-state index is 15.4. The molecule has 4 aliphatic rings. The number of rotatable bonds is 7. The van der Waals surface area contributed by atoms with Gasteiger partial charge in [0.2, 0.25) is 0 Å². The van der Waals surface area contributed by atoms with Gasteiger partial charge in [0, 0.05) is 68.3 Å². The van der Waals surface area contributed by atoms with Crippen molar-refractivity contribution in [3.05, 3.63) is 87.5 Å². The van der Waals surface area contributed by atoms with Gasteiger partial charge in [0.15, 0.2) is 0 Å². The number of piperazine rings is 1. The van der Waals surface area contributed by atoms with Crippen LogP contribution in [-0.2, 0) is 37.8 Å². The number of aliphatic hydroxyl groups excluding tert-OH is 1. The summed E-state index contributed by atoms with van der Waals surface area (Å²) in [5.74, 6) is -0.240. The molecule has 0 saturated carbocycles. The quantitative estimate of drug-likeness (QED) is 0.295. The van der Waals surface area contributed by atoms with Crippen LogP contribution in [-0.4, -0.2) is 81.0 Å². The van der Waals surface area contributed by atoms with E-state index in [9.17, 15) is 14.7 Å². The summed E-state index contributed by atoms with van der Waals surface area (Å²) in [5, 5.41) is 13.9. The van der Waals surface area contributed by atoms with Crippen LogP contribution in [0.4, 0.5) is 27.3 Å². The molecular weight excluding hydrogens is 637 g/mol. The number of halogens is 1. The molecule has 3 aromatic heterocycles. The lowest BCUT2D eigenvalue weighted by Crippen LogP contribution is -2.64. The number of carbonyl (C=O) groups is 1. The third-order valence-electron chi connectivity index (χ3n) is 10.9. The first kappa shape index (κ1) is 32.7. The highest BCUT2D eigenvalue weighted by Gasteiger charge is 2.38. The molecular formula is C38H44FN7O4. The number of nitrogens with one attached hydrogen (secondary N) is 1. The molecule has 12 heteroatoms. The van der Waals surface area contributed by atoms with Gasteiger partial charge in [0.05, 0.1) is 43.4 Å². The zero-order chi connectivity index (χ0) is 34.7. The second-order valence-electron chi connectivity index (χ2n) is 14.6. The Hall–Kier alpha value is -4.52. The van der Waals surface area contributed by atoms with Crippen LogP contribution < -0.4 is 20.7 Å². The van der Waals surface area contributed by atoms with Crippen molar-refractivity contribution in [2.45, 2.75) is 64.3 Å². The monoisotopic (exact) mass is 681 g/mol. The fourth-order valence-corrected chi connectivity index (χ4v) is 8.28. The summed E-state index contributed by atoms with van der Waals surface area (Å²) < 4.78 is 24.4. The number of anilines is 4. The summed E-state index contributed by atoms with van der Waals surface area (Å²) in [6.07, 6.45) is 7.59. The van der Waals surface area contributed by atoms with E-state index in [4.69, 9.17) is 4.74 Å². The summed E-state index contributed by atoms with van der Waals surface area (Å²) in [4.78, 5) is 38.3. The molecule has 0 unspecified atom stereocenters. The second kappa shape index (κ2) is 12.7. The number of fused-ring (bicyclic) bond motifs is 3. The number of ether oxygens (including phenoxy) is 1. The number of benzene rings is 1. The number of nitrogens with zero attached hydrogens (tertiary/aromatic N) is 6. The molecule has 1 aliphatic carbocycles. The zero-order valence-corrected chi connectivity index (χ0v) is 28.9. The molecule has 2 fully saturated rings. The molecule has 8 rings (SSSR count). The lowest BCUT2D eigenvalue weighted by molar-refractivity contribution is -0.0741. The smallest absolute Gasteiger partial charge is 0.274 e. The van der Waals surface area contributed by atoms with Crippen LogP contribution in [0.5, 0.6) is 0 Å². The number of hydrogen-bond acceptors (Lipinski definition) is 8. The van der Waals surface area contributed by atoms with Crippen LogP contribution in [0.2, 0.25) is 0 Å². The number of aromatic nitrogens is 3. The standard InChI is InChI=1S/C38H44FN7O4/c1-38(2)23-43(28-21-50-22-28)10-13-46(38)27-8-9-35(40-18-27)41-31-14-25(19-42(3)36(31)48)29-16-26(39)17-33(30(29)20-47)45-12-11-44-32-7-5-4-6-24(32)15-34(44)37(45)49/h8-9,14-19,28,47H,4-7,10-13,20-23H2,1-3H3,(H,40,41). The van der Waals surface area contributed by atoms with Crippen molar-refractivity contribution in [2.24, 2.45) is 7.05 Å². The Morgan fingerprint density at radius 2 is 1.86 bits per heavy atom. The molecule has 6 heterocycles. The van der Waals surface area contributed by atoms with E-state index in [0.717, 1.165) is 64.2 Å². The van der Waals surface area contributed by atoms with Gasteiger partial charge in [0.1, 0.15) is 23.0 Å². The van der Waals surface area contributed by atoms with Gasteiger partial charge < -0.3 is 34.1 Å². The van der Waals surface area contributed by atoms with Crippen molar-refractivity contribution in [3.8, 4) is 11.1 Å². The van der Waals surface area contributed by atoms with Crippen LogP contribution in [0.1, 0.15) is 54.0 Å². The Morgan fingerprint density at radius 1 is 1.04 bits per heavy atom. The molecule has 0 bridgehead atoms. The van der Waals surface area contributed by atoms with E-state index in [0.29, 0.717) is 53.0 Å². The summed E-state index contributed by atoms with van der Waals surface area (Å²) in [6.45, 7) is 9.41. The first-order valence-corrected chi connectivity index (χ1v) is 17.6. The highest BCUT2D eigenvalue weighted by Crippen LogP contribution is 2.37. The SMILES string of the molecule is Cn1cc(-c2cc(F)cc(N3CCn4c(cc5c4CCCC5)C3=O)c2CO)cc(Nc2ccc(N3CCN(C4COC4)CC3(C)C)cn2)c1=O. The van der Waals surface area contributed by atoms with Gasteiger partial charge in [-0.3, -0.25) is 14.5 Å². The lowest BCUT2D eigenvalue weighted by Gasteiger charge is -2.51. The summed E-state index contributed by atoms with van der Waals surface area (Å²) >= 11 is 0. The van der Waals surface area contributed by atoms with Gasteiger partial charge >= 0.3 is 0 Å². The average Bonchev–Trinajstić information content (AvgIpc) is 3.46. The molecule has 0 atom stereocenters. The first-order chi connectivity index (χ1) is 24.1. The van der Waals surface area contributed by atoms with E-state index in [1.807, 2.05) is 24.4 Å². The van der Waals surface area contributed by atoms with E-state index < -0.39 is 12.4 Å². The topological polar surface area (TPSA) is 108 Å². The van der Waals surface area contributed by atoms with Gasteiger partial charge in [0.25, 0.3) is 11.5 Å². The Kier molecular flexibility index (Phi) is 8.28. The van der Waals surface area contributed by atoms with Crippen LogP contribution in [0, 0.1) is 5.82 Å². The fourth-order valence-electron chi connectivity index (χ4n) is 8.28. The highest BCUT2D eigenvalue weighted by molar-refractivity contribution is 6.07. The van der Waals surface area contributed by atoms with Crippen LogP contribution >= 0.6 is 0 Å². The maximum atomic E-state index is 15.4. The lowest BCUT2D eigenvalue weighted by atomic mass is 9.96. The third kappa shape index (κ3) is 5.69. The number of pyridine rings is 2.